The molecule has 0 aromatic heterocycles. The van der Waals surface area contributed by atoms with Gasteiger partial charge in [-0.1, -0.05) is 12.2 Å². The number of carbonyl (C=O) groups is 1. The minimum atomic E-state index is -0.927. The third kappa shape index (κ3) is 2.03. The van der Waals surface area contributed by atoms with E-state index in [-0.39, 0.29) is 5.56 Å². The van der Waals surface area contributed by atoms with E-state index >= 15 is 0 Å². The second-order valence-corrected chi connectivity index (χ2v) is 2.38. The SMILES string of the molecule is O=C(O)c1ccc(NC=S)cc1. The van der Waals surface area contributed by atoms with E-state index in [2.05, 4.69) is 17.5 Å². The monoisotopic (exact) mass is 181 g/mol. The fourth-order valence-electron chi connectivity index (χ4n) is 0.777. The van der Waals surface area contributed by atoms with E-state index in [4.69, 9.17) is 5.11 Å². The van der Waals surface area contributed by atoms with Gasteiger partial charge in [0.1, 0.15) is 0 Å². The molecule has 0 amide bonds. The topological polar surface area (TPSA) is 49.3 Å². The number of aromatic carboxylic acids is 1. The average molecular weight is 181 g/mol. The van der Waals surface area contributed by atoms with E-state index in [1.165, 1.54) is 17.6 Å². The largest absolute Gasteiger partial charge is 0.478 e. The van der Waals surface area contributed by atoms with Crippen LogP contribution >= 0.6 is 12.2 Å². The quantitative estimate of drug-likeness (QED) is 0.697. The number of hydrogen-bond acceptors (Lipinski definition) is 2. The molecule has 3 nitrogen and oxygen atoms in total. The Balaban J connectivity index is 2.85. The summed E-state index contributed by atoms with van der Waals surface area (Å²) in [5, 5.41) is 11.3. The van der Waals surface area contributed by atoms with Gasteiger partial charge in [0.05, 0.1) is 11.1 Å². The highest BCUT2D eigenvalue weighted by atomic mass is 32.1. The first-order valence-electron chi connectivity index (χ1n) is 3.27. The molecule has 0 fully saturated rings. The second-order valence-electron chi connectivity index (χ2n) is 2.14. The van der Waals surface area contributed by atoms with Crippen LogP contribution in [0.2, 0.25) is 0 Å². The van der Waals surface area contributed by atoms with Crippen LogP contribution in [0.4, 0.5) is 5.69 Å². The maximum atomic E-state index is 10.4. The van der Waals surface area contributed by atoms with E-state index in [9.17, 15) is 4.79 Å². The normalized spacial score (nSPS) is 9.00. The Morgan fingerprint density at radius 1 is 1.42 bits per heavy atom. The van der Waals surface area contributed by atoms with Crippen molar-refractivity contribution in [3.05, 3.63) is 29.8 Å². The molecule has 1 aromatic carbocycles. The van der Waals surface area contributed by atoms with Crippen molar-refractivity contribution in [1.29, 1.82) is 0 Å². The molecule has 2 N–H and O–H groups in total. The lowest BCUT2D eigenvalue weighted by Gasteiger charge is -1.98. The van der Waals surface area contributed by atoms with Gasteiger partial charge in [-0.05, 0) is 24.3 Å². The number of thiocarbonyl (C=S) groups is 1. The maximum Gasteiger partial charge on any atom is 0.335 e. The first kappa shape index (κ1) is 8.67. The van der Waals surface area contributed by atoms with Crippen LogP contribution in [0.3, 0.4) is 0 Å². The van der Waals surface area contributed by atoms with E-state index < -0.39 is 5.97 Å². The Morgan fingerprint density at radius 3 is 2.42 bits per heavy atom. The van der Waals surface area contributed by atoms with E-state index in [1.54, 1.807) is 12.1 Å². The highest BCUT2D eigenvalue weighted by Crippen LogP contribution is 2.08. The van der Waals surface area contributed by atoms with Crippen LogP contribution in [-0.4, -0.2) is 16.6 Å². The number of hydrogen-bond donors (Lipinski definition) is 2. The summed E-state index contributed by atoms with van der Waals surface area (Å²) in [4.78, 5) is 10.4. The van der Waals surface area contributed by atoms with E-state index in [0.717, 1.165) is 5.69 Å². The Labute approximate surface area is 75.0 Å². The van der Waals surface area contributed by atoms with Crippen molar-refractivity contribution >= 4 is 29.4 Å². The molecule has 0 saturated heterocycles. The van der Waals surface area contributed by atoms with Gasteiger partial charge in [0.15, 0.2) is 0 Å². The zero-order valence-electron chi connectivity index (χ0n) is 6.15. The predicted octanol–water partition coefficient (Wildman–Crippen LogP) is 1.75. The second kappa shape index (κ2) is 3.82. The molecule has 0 atom stereocenters. The van der Waals surface area contributed by atoms with Gasteiger partial charge in [0, 0.05) is 5.69 Å². The van der Waals surface area contributed by atoms with Crippen molar-refractivity contribution in [3.63, 3.8) is 0 Å². The molecule has 0 bridgehead atoms. The fraction of sp³-hybridized carbons (Fsp3) is 0. The molecule has 0 aliphatic rings. The average Bonchev–Trinajstić information content (AvgIpc) is 2.06. The van der Waals surface area contributed by atoms with E-state index in [0.29, 0.717) is 0 Å². The number of carboxylic acids is 1. The molecule has 0 heterocycles. The Hall–Kier alpha value is -1.42. The summed E-state index contributed by atoms with van der Waals surface area (Å²) in [6, 6.07) is 6.35. The smallest absolute Gasteiger partial charge is 0.335 e. The lowest BCUT2D eigenvalue weighted by Crippen LogP contribution is -1.97. The summed E-state index contributed by atoms with van der Waals surface area (Å²) in [6.07, 6.45) is 0. The van der Waals surface area contributed by atoms with Crippen LogP contribution in [0.25, 0.3) is 0 Å². The summed E-state index contributed by atoms with van der Waals surface area (Å²) < 4.78 is 0. The van der Waals surface area contributed by atoms with Gasteiger partial charge in [-0.25, -0.2) is 4.79 Å². The molecular weight excluding hydrogens is 174 g/mol. The number of carboxylic acid groups (broad SMARTS) is 1. The van der Waals surface area contributed by atoms with Gasteiger partial charge in [-0.15, -0.1) is 0 Å². The van der Waals surface area contributed by atoms with Crippen molar-refractivity contribution in [2.24, 2.45) is 0 Å². The van der Waals surface area contributed by atoms with Crippen LogP contribution in [0, 0.1) is 0 Å². The van der Waals surface area contributed by atoms with Crippen molar-refractivity contribution in [2.45, 2.75) is 0 Å². The van der Waals surface area contributed by atoms with Crippen LogP contribution in [0.5, 0.6) is 0 Å². The van der Waals surface area contributed by atoms with Crippen LogP contribution in [0.1, 0.15) is 10.4 Å². The van der Waals surface area contributed by atoms with Crippen molar-refractivity contribution in [1.82, 2.24) is 0 Å². The number of anilines is 1. The molecule has 0 radical (unpaired) electrons. The van der Waals surface area contributed by atoms with Crippen molar-refractivity contribution < 1.29 is 9.90 Å². The third-order valence-corrected chi connectivity index (χ3v) is 1.48. The lowest BCUT2D eigenvalue weighted by molar-refractivity contribution is 0.0697. The van der Waals surface area contributed by atoms with Crippen LogP contribution < -0.4 is 5.32 Å². The molecule has 0 saturated carbocycles. The lowest BCUT2D eigenvalue weighted by atomic mass is 10.2. The Kier molecular flexibility index (Phi) is 2.76. The van der Waals surface area contributed by atoms with Gasteiger partial charge in [0.2, 0.25) is 0 Å². The Morgan fingerprint density at radius 2 is 2.00 bits per heavy atom. The molecule has 0 aliphatic carbocycles. The third-order valence-electron chi connectivity index (χ3n) is 1.36. The minimum Gasteiger partial charge on any atom is -0.478 e. The van der Waals surface area contributed by atoms with Crippen LogP contribution in [0.15, 0.2) is 24.3 Å². The van der Waals surface area contributed by atoms with Crippen molar-refractivity contribution in [3.8, 4) is 0 Å². The molecule has 1 rings (SSSR count). The van der Waals surface area contributed by atoms with Crippen LogP contribution in [-0.2, 0) is 0 Å². The Bertz CT molecular complexity index is 294. The molecule has 1 aromatic rings. The van der Waals surface area contributed by atoms with Gasteiger partial charge in [0.25, 0.3) is 0 Å². The summed E-state index contributed by atoms with van der Waals surface area (Å²) in [6.45, 7) is 0. The molecular formula is C8H7NO2S. The maximum absolute atomic E-state index is 10.4. The zero-order chi connectivity index (χ0) is 8.97. The van der Waals surface area contributed by atoms with E-state index in [1.807, 2.05) is 0 Å². The molecule has 12 heavy (non-hydrogen) atoms. The standard InChI is InChI=1S/C8H7NO2S/c10-8(11)6-1-3-7(4-2-6)9-5-12/h1-5H,(H,9,12)(H,10,11). The summed E-state index contributed by atoms with van der Waals surface area (Å²) in [7, 11) is 0. The first-order chi connectivity index (χ1) is 5.74. The van der Waals surface area contributed by atoms with Gasteiger partial charge in [-0.2, -0.15) is 0 Å². The summed E-state index contributed by atoms with van der Waals surface area (Å²) in [5.74, 6) is -0.927. The van der Waals surface area contributed by atoms with Gasteiger partial charge >= 0.3 is 5.97 Å². The molecule has 0 unspecified atom stereocenters. The first-order valence-corrected chi connectivity index (χ1v) is 3.74. The van der Waals surface area contributed by atoms with Crippen molar-refractivity contribution in [2.75, 3.05) is 5.32 Å². The summed E-state index contributed by atoms with van der Waals surface area (Å²) in [5.41, 5.74) is 2.43. The predicted molar refractivity (Wildman–Crippen MR) is 50.7 cm³/mol. The minimum absolute atomic E-state index is 0.268. The van der Waals surface area contributed by atoms with Gasteiger partial charge in [-0.3, -0.25) is 0 Å². The highest BCUT2D eigenvalue weighted by molar-refractivity contribution is 7.79. The number of benzene rings is 1. The number of rotatable bonds is 3. The molecule has 62 valence electrons. The molecule has 4 heteroatoms. The zero-order valence-corrected chi connectivity index (χ0v) is 6.97. The fourth-order valence-corrected chi connectivity index (χ4v) is 0.913. The number of nitrogens with one attached hydrogen (secondary N) is 1. The highest BCUT2D eigenvalue weighted by Gasteiger charge is 1.99. The molecule has 0 spiro atoms. The molecule has 0 aliphatic heterocycles. The van der Waals surface area contributed by atoms with Gasteiger partial charge < -0.3 is 10.4 Å². The summed E-state index contributed by atoms with van der Waals surface area (Å²) >= 11 is 4.57.